The fourth-order valence-corrected chi connectivity index (χ4v) is 4.11. The molecule has 1 nitrogen and oxygen atoms in total. The van der Waals surface area contributed by atoms with Gasteiger partial charge < -0.3 is 0 Å². The van der Waals surface area contributed by atoms with Gasteiger partial charge in [-0.3, -0.25) is 4.90 Å². The lowest BCUT2D eigenvalue weighted by Crippen LogP contribution is -2.37. The van der Waals surface area contributed by atoms with Crippen molar-refractivity contribution in [3.05, 3.63) is 12.7 Å². The first-order valence-corrected chi connectivity index (χ1v) is 8.25. The largest absolute Gasteiger partial charge is 0.294 e. The molecule has 0 spiro atoms. The Hall–Kier alpha value is -0.300. The summed E-state index contributed by atoms with van der Waals surface area (Å²) in [6.45, 7) is 6.23. The SMILES string of the molecule is C=CC[C@H]1CC[C@@H]2CC[C@H](CCCCCCC)N21. The molecule has 2 heterocycles. The second-order valence-corrected chi connectivity index (χ2v) is 6.29. The Balaban J connectivity index is 1.73. The molecule has 0 aliphatic carbocycles. The Labute approximate surface area is 114 Å². The Bertz CT molecular complexity index is 248. The third-order valence-corrected chi connectivity index (χ3v) is 5.01. The molecule has 0 bridgehead atoms. The predicted octanol–water partition coefficient (Wildman–Crippen LogP) is 4.92. The number of hydrogen-bond donors (Lipinski definition) is 0. The van der Waals surface area contributed by atoms with Gasteiger partial charge in [0.25, 0.3) is 0 Å². The van der Waals surface area contributed by atoms with Gasteiger partial charge in [0.15, 0.2) is 0 Å². The topological polar surface area (TPSA) is 3.24 Å². The van der Waals surface area contributed by atoms with Crippen LogP contribution in [-0.4, -0.2) is 23.0 Å². The Kier molecular flexibility index (Phi) is 5.75. The molecule has 0 unspecified atom stereocenters. The average molecular weight is 249 g/mol. The summed E-state index contributed by atoms with van der Waals surface area (Å²) < 4.78 is 0. The maximum Gasteiger partial charge on any atom is 0.0136 e. The minimum atomic E-state index is 0.829. The van der Waals surface area contributed by atoms with E-state index < -0.39 is 0 Å². The van der Waals surface area contributed by atoms with E-state index in [4.69, 9.17) is 0 Å². The molecule has 3 atom stereocenters. The summed E-state index contributed by atoms with van der Waals surface area (Å²) in [7, 11) is 0. The first-order valence-electron chi connectivity index (χ1n) is 8.25. The van der Waals surface area contributed by atoms with Crippen molar-refractivity contribution >= 4 is 0 Å². The number of nitrogens with zero attached hydrogens (tertiary/aromatic N) is 1. The molecule has 0 saturated carbocycles. The van der Waals surface area contributed by atoms with E-state index in [2.05, 4.69) is 24.5 Å². The molecule has 1 heteroatoms. The number of rotatable bonds is 8. The third-order valence-electron chi connectivity index (χ3n) is 5.01. The van der Waals surface area contributed by atoms with Gasteiger partial charge in [-0.05, 0) is 38.5 Å². The fraction of sp³-hybridized carbons (Fsp3) is 0.882. The lowest BCUT2D eigenvalue weighted by atomic mass is 10.0. The van der Waals surface area contributed by atoms with Crippen LogP contribution in [0.4, 0.5) is 0 Å². The molecular formula is C17H31N. The molecule has 18 heavy (non-hydrogen) atoms. The maximum absolute atomic E-state index is 3.93. The molecule has 0 aromatic heterocycles. The van der Waals surface area contributed by atoms with Crippen molar-refractivity contribution in [1.82, 2.24) is 4.90 Å². The summed E-state index contributed by atoms with van der Waals surface area (Å²) in [6.07, 6.45) is 17.7. The van der Waals surface area contributed by atoms with Crippen LogP contribution in [-0.2, 0) is 0 Å². The van der Waals surface area contributed by atoms with E-state index in [1.165, 1.54) is 70.6 Å². The summed E-state index contributed by atoms with van der Waals surface area (Å²) in [4.78, 5) is 2.88. The summed E-state index contributed by atoms with van der Waals surface area (Å²) in [5, 5.41) is 0. The molecule has 2 aliphatic heterocycles. The lowest BCUT2D eigenvalue weighted by Gasteiger charge is -2.30. The van der Waals surface area contributed by atoms with Crippen molar-refractivity contribution in [1.29, 1.82) is 0 Å². The second kappa shape index (κ2) is 7.33. The molecular weight excluding hydrogens is 218 g/mol. The summed E-state index contributed by atoms with van der Waals surface area (Å²) in [5.41, 5.74) is 0. The van der Waals surface area contributed by atoms with Gasteiger partial charge in [0.05, 0.1) is 0 Å². The van der Waals surface area contributed by atoms with Crippen molar-refractivity contribution in [2.75, 3.05) is 0 Å². The molecule has 0 amide bonds. The molecule has 0 aromatic carbocycles. The zero-order valence-electron chi connectivity index (χ0n) is 12.2. The van der Waals surface area contributed by atoms with Crippen LogP contribution in [0, 0.1) is 0 Å². The van der Waals surface area contributed by atoms with E-state index in [0.29, 0.717) is 0 Å². The van der Waals surface area contributed by atoms with Crippen molar-refractivity contribution < 1.29 is 0 Å². The van der Waals surface area contributed by atoms with Crippen LogP contribution in [0.2, 0.25) is 0 Å². The zero-order chi connectivity index (χ0) is 12.8. The molecule has 2 rings (SSSR count). The van der Waals surface area contributed by atoms with Gasteiger partial charge >= 0.3 is 0 Å². The zero-order valence-corrected chi connectivity index (χ0v) is 12.2. The van der Waals surface area contributed by atoms with Crippen LogP contribution in [0.5, 0.6) is 0 Å². The van der Waals surface area contributed by atoms with Crippen LogP contribution >= 0.6 is 0 Å². The number of fused-ring (bicyclic) bond motifs is 1. The monoisotopic (exact) mass is 249 g/mol. The molecule has 2 aliphatic rings. The van der Waals surface area contributed by atoms with E-state index in [0.717, 1.165) is 18.1 Å². The van der Waals surface area contributed by atoms with Gasteiger partial charge in [0.1, 0.15) is 0 Å². The standard InChI is InChI=1S/C17H31N/c1-3-5-6-7-8-10-16-12-14-17-13-11-15(9-4-2)18(16)17/h4,15-17H,2-3,5-14H2,1H3/t15-,16-,17+/m0/s1. The van der Waals surface area contributed by atoms with Crippen molar-refractivity contribution in [2.24, 2.45) is 0 Å². The Morgan fingerprint density at radius 2 is 1.72 bits per heavy atom. The normalized spacial score (nSPS) is 31.7. The Morgan fingerprint density at radius 3 is 2.44 bits per heavy atom. The van der Waals surface area contributed by atoms with Crippen LogP contribution in [0.25, 0.3) is 0 Å². The summed E-state index contributed by atoms with van der Waals surface area (Å²) >= 11 is 0. The van der Waals surface area contributed by atoms with Gasteiger partial charge in [-0.15, -0.1) is 6.58 Å². The van der Waals surface area contributed by atoms with Gasteiger partial charge in [-0.25, -0.2) is 0 Å². The maximum atomic E-state index is 3.93. The Morgan fingerprint density at radius 1 is 1.00 bits per heavy atom. The average Bonchev–Trinajstić information content (AvgIpc) is 2.94. The van der Waals surface area contributed by atoms with E-state index in [1.807, 2.05) is 0 Å². The summed E-state index contributed by atoms with van der Waals surface area (Å²) in [5.74, 6) is 0. The molecule has 2 fully saturated rings. The molecule has 0 aromatic rings. The van der Waals surface area contributed by atoms with Crippen LogP contribution in [0.1, 0.15) is 77.6 Å². The minimum Gasteiger partial charge on any atom is -0.294 e. The van der Waals surface area contributed by atoms with E-state index in [9.17, 15) is 0 Å². The number of unbranched alkanes of at least 4 members (excludes halogenated alkanes) is 4. The van der Waals surface area contributed by atoms with Crippen LogP contribution in [0.15, 0.2) is 12.7 Å². The highest BCUT2D eigenvalue weighted by atomic mass is 15.3. The molecule has 104 valence electrons. The summed E-state index contributed by atoms with van der Waals surface area (Å²) in [6, 6.07) is 2.66. The lowest BCUT2D eigenvalue weighted by molar-refractivity contribution is 0.171. The second-order valence-electron chi connectivity index (χ2n) is 6.29. The highest BCUT2D eigenvalue weighted by Crippen LogP contribution is 2.39. The molecule has 2 saturated heterocycles. The van der Waals surface area contributed by atoms with E-state index in [-0.39, 0.29) is 0 Å². The quantitative estimate of drug-likeness (QED) is 0.436. The van der Waals surface area contributed by atoms with Gasteiger partial charge in [0, 0.05) is 18.1 Å². The van der Waals surface area contributed by atoms with Crippen molar-refractivity contribution in [3.63, 3.8) is 0 Å². The fourth-order valence-electron chi connectivity index (χ4n) is 4.11. The molecule has 0 radical (unpaired) electrons. The van der Waals surface area contributed by atoms with Gasteiger partial charge in [-0.1, -0.05) is 45.1 Å². The van der Waals surface area contributed by atoms with Gasteiger partial charge in [0.2, 0.25) is 0 Å². The highest BCUT2D eigenvalue weighted by Gasteiger charge is 2.41. The first-order chi connectivity index (χ1) is 8.86. The highest BCUT2D eigenvalue weighted by molar-refractivity contribution is 4.99. The first kappa shape index (κ1) is 14.1. The third kappa shape index (κ3) is 3.38. The number of hydrogen-bond acceptors (Lipinski definition) is 1. The smallest absolute Gasteiger partial charge is 0.0136 e. The van der Waals surface area contributed by atoms with Crippen LogP contribution < -0.4 is 0 Å². The van der Waals surface area contributed by atoms with Crippen molar-refractivity contribution in [2.45, 2.75) is 95.7 Å². The minimum absolute atomic E-state index is 0.829. The van der Waals surface area contributed by atoms with Crippen molar-refractivity contribution in [3.8, 4) is 0 Å². The van der Waals surface area contributed by atoms with E-state index >= 15 is 0 Å². The molecule has 0 N–H and O–H groups in total. The van der Waals surface area contributed by atoms with Gasteiger partial charge in [-0.2, -0.15) is 0 Å². The van der Waals surface area contributed by atoms with Crippen LogP contribution in [0.3, 0.4) is 0 Å². The predicted molar refractivity (Wildman–Crippen MR) is 79.9 cm³/mol. The van der Waals surface area contributed by atoms with E-state index in [1.54, 1.807) is 0 Å².